The fourth-order valence-corrected chi connectivity index (χ4v) is 2.04. The molecule has 1 aromatic rings. The second-order valence-corrected chi connectivity index (χ2v) is 5.33. The van der Waals surface area contributed by atoms with E-state index in [0.717, 1.165) is 12.5 Å². The lowest BCUT2D eigenvalue weighted by Crippen LogP contribution is -2.31. The van der Waals surface area contributed by atoms with E-state index in [-0.39, 0.29) is 5.91 Å². The van der Waals surface area contributed by atoms with Gasteiger partial charge in [-0.2, -0.15) is 0 Å². The van der Waals surface area contributed by atoms with E-state index in [0.29, 0.717) is 22.9 Å². The molecule has 1 aliphatic carbocycles. The summed E-state index contributed by atoms with van der Waals surface area (Å²) in [6.45, 7) is 1.36. The second-order valence-electron chi connectivity index (χ2n) is 4.93. The van der Waals surface area contributed by atoms with Gasteiger partial charge in [-0.1, -0.05) is 11.6 Å². The van der Waals surface area contributed by atoms with E-state index in [4.69, 9.17) is 17.3 Å². The Hall–Kier alpha value is -1.26. The van der Waals surface area contributed by atoms with Gasteiger partial charge in [0.15, 0.2) is 0 Å². The van der Waals surface area contributed by atoms with E-state index >= 15 is 0 Å². The molecule has 4 nitrogen and oxygen atoms in total. The highest BCUT2D eigenvalue weighted by molar-refractivity contribution is 6.33. The first-order chi connectivity index (χ1) is 8.54. The minimum atomic E-state index is -0.0642. The third-order valence-electron chi connectivity index (χ3n) is 2.94. The summed E-state index contributed by atoms with van der Waals surface area (Å²) in [6, 6.07) is 5.05. The number of carbonyl (C=O) groups is 1. The lowest BCUT2D eigenvalue weighted by molar-refractivity contribution is -0.117. The molecule has 2 rings (SSSR count). The lowest BCUT2D eigenvalue weighted by atomic mass is 10.3. The minimum absolute atomic E-state index is 0.0642. The number of likely N-dealkylation sites (N-methyl/N-ethyl adjacent to an activating group) is 1. The summed E-state index contributed by atoms with van der Waals surface area (Å²) in [6.07, 6.45) is 2.57. The third kappa shape index (κ3) is 3.89. The van der Waals surface area contributed by atoms with E-state index in [1.807, 2.05) is 11.9 Å². The average molecular weight is 268 g/mol. The van der Waals surface area contributed by atoms with Gasteiger partial charge in [0.2, 0.25) is 5.91 Å². The Bertz CT molecular complexity index is 446. The standard InChI is InChI=1S/C13H18ClN3O/c1-17(7-9-2-3-9)8-13(18)16-12-6-10(15)4-5-11(12)14/h4-6,9H,2-3,7-8,15H2,1H3,(H,16,18). The van der Waals surface area contributed by atoms with Gasteiger partial charge in [0.25, 0.3) is 0 Å². The topological polar surface area (TPSA) is 58.4 Å². The summed E-state index contributed by atoms with van der Waals surface area (Å²) in [5.41, 5.74) is 6.81. The van der Waals surface area contributed by atoms with Crippen molar-refractivity contribution in [2.75, 3.05) is 31.2 Å². The van der Waals surface area contributed by atoms with Gasteiger partial charge in [-0.15, -0.1) is 0 Å². The summed E-state index contributed by atoms with van der Waals surface area (Å²) < 4.78 is 0. The summed E-state index contributed by atoms with van der Waals surface area (Å²) in [7, 11) is 1.96. The minimum Gasteiger partial charge on any atom is -0.399 e. The van der Waals surface area contributed by atoms with Gasteiger partial charge in [-0.3, -0.25) is 9.69 Å². The number of nitrogen functional groups attached to an aromatic ring is 1. The monoisotopic (exact) mass is 267 g/mol. The van der Waals surface area contributed by atoms with Gasteiger partial charge >= 0.3 is 0 Å². The van der Waals surface area contributed by atoms with Crippen LogP contribution in [-0.2, 0) is 4.79 Å². The smallest absolute Gasteiger partial charge is 0.238 e. The first-order valence-electron chi connectivity index (χ1n) is 6.08. The number of nitrogens with zero attached hydrogens (tertiary/aromatic N) is 1. The maximum Gasteiger partial charge on any atom is 0.238 e. The van der Waals surface area contributed by atoms with Gasteiger partial charge in [-0.25, -0.2) is 0 Å². The number of hydrogen-bond donors (Lipinski definition) is 2. The van der Waals surface area contributed by atoms with Crippen LogP contribution in [-0.4, -0.2) is 30.9 Å². The first-order valence-corrected chi connectivity index (χ1v) is 6.46. The fraction of sp³-hybridized carbons (Fsp3) is 0.462. The number of halogens is 1. The Morgan fingerprint density at radius 3 is 2.94 bits per heavy atom. The van der Waals surface area contributed by atoms with Crippen molar-refractivity contribution in [1.82, 2.24) is 4.90 Å². The van der Waals surface area contributed by atoms with E-state index in [9.17, 15) is 4.79 Å². The molecule has 1 amide bonds. The number of benzene rings is 1. The Balaban J connectivity index is 1.87. The Morgan fingerprint density at radius 1 is 1.56 bits per heavy atom. The maximum absolute atomic E-state index is 11.8. The predicted molar refractivity (Wildman–Crippen MR) is 74.7 cm³/mol. The molecule has 1 aliphatic rings. The largest absolute Gasteiger partial charge is 0.399 e. The van der Waals surface area contributed by atoms with Crippen LogP contribution in [0.4, 0.5) is 11.4 Å². The highest BCUT2D eigenvalue weighted by Gasteiger charge is 2.23. The third-order valence-corrected chi connectivity index (χ3v) is 3.27. The van der Waals surface area contributed by atoms with Crippen LogP contribution in [0.5, 0.6) is 0 Å². The van der Waals surface area contributed by atoms with Crippen molar-refractivity contribution in [2.45, 2.75) is 12.8 Å². The average Bonchev–Trinajstić information content (AvgIpc) is 3.07. The fourth-order valence-electron chi connectivity index (χ4n) is 1.88. The van der Waals surface area contributed by atoms with E-state index in [2.05, 4.69) is 5.32 Å². The molecule has 0 aromatic heterocycles. The number of nitrogens with one attached hydrogen (secondary N) is 1. The van der Waals surface area contributed by atoms with Crippen molar-refractivity contribution in [3.63, 3.8) is 0 Å². The molecular formula is C13H18ClN3O. The van der Waals surface area contributed by atoms with Crippen molar-refractivity contribution in [3.05, 3.63) is 23.2 Å². The van der Waals surface area contributed by atoms with Gasteiger partial charge in [-0.05, 0) is 44.0 Å². The van der Waals surface area contributed by atoms with Crippen LogP contribution in [0.1, 0.15) is 12.8 Å². The molecule has 98 valence electrons. The molecule has 0 atom stereocenters. The zero-order chi connectivity index (χ0) is 13.1. The molecule has 18 heavy (non-hydrogen) atoms. The van der Waals surface area contributed by atoms with Gasteiger partial charge in [0, 0.05) is 12.2 Å². The molecule has 0 radical (unpaired) electrons. The lowest BCUT2D eigenvalue weighted by Gasteiger charge is -2.16. The van der Waals surface area contributed by atoms with Crippen molar-refractivity contribution in [1.29, 1.82) is 0 Å². The molecule has 0 bridgehead atoms. The number of nitrogens with two attached hydrogens (primary N) is 1. The number of hydrogen-bond acceptors (Lipinski definition) is 3. The number of carbonyl (C=O) groups excluding carboxylic acids is 1. The molecular weight excluding hydrogens is 250 g/mol. The van der Waals surface area contributed by atoms with Crippen molar-refractivity contribution in [3.8, 4) is 0 Å². The summed E-state index contributed by atoms with van der Waals surface area (Å²) in [5, 5.41) is 3.29. The van der Waals surface area contributed by atoms with E-state index in [1.54, 1.807) is 18.2 Å². The Labute approximate surface area is 112 Å². The summed E-state index contributed by atoms with van der Waals surface area (Å²) in [4.78, 5) is 13.9. The van der Waals surface area contributed by atoms with Crippen molar-refractivity contribution < 1.29 is 4.79 Å². The predicted octanol–water partition coefficient (Wildman–Crippen LogP) is 2.20. The van der Waals surface area contributed by atoms with Crippen LogP contribution in [0.25, 0.3) is 0 Å². The van der Waals surface area contributed by atoms with Gasteiger partial charge in [0.1, 0.15) is 0 Å². The first kappa shape index (κ1) is 13.2. The maximum atomic E-state index is 11.8. The normalized spacial score (nSPS) is 14.8. The van der Waals surface area contributed by atoms with Gasteiger partial charge < -0.3 is 11.1 Å². The van der Waals surface area contributed by atoms with Crippen LogP contribution < -0.4 is 11.1 Å². The molecule has 0 aliphatic heterocycles. The molecule has 0 heterocycles. The molecule has 1 saturated carbocycles. The Kier molecular flexibility index (Phi) is 4.09. The molecule has 0 unspecified atom stereocenters. The van der Waals surface area contributed by atoms with Crippen LogP contribution in [0, 0.1) is 5.92 Å². The summed E-state index contributed by atoms with van der Waals surface area (Å²) >= 11 is 5.99. The van der Waals surface area contributed by atoms with Crippen LogP contribution in [0.15, 0.2) is 18.2 Å². The van der Waals surface area contributed by atoms with Crippen molar-refractivity contribution in [2.24, 2.45) is 5.92 Å². The van der Waals surface area contributed by atoms with Gasteiger partial charge in [0.05, 0.1) is 17.3 Å². The Morgan fingerprint density at radius 2 is 2.28 bits per heavy atom. The number of anilines is 2. The van der Waals surface area contributed by atoms with Crippen LogP contribution in [0.3, 0.4) is 0 Å². The molecule has 5 heteroatoms. The summed E-state index contributed by atoms with van der Waals surface area (Å²) in [5.74, 6) is 0.712. The zero-order valence-electron chi connectivity index (χ0n) is 10.4. The highest BCUT2D eigenvalue weighted by Crippen LogP contribution is 2.29. The zero-order valence-corrected chi connectivity index (χ0v) is 11.2. The highest BCUT2D eigenvalue weighted by atomic mass is 35.5. The molecule has 1 aromatic carbocycles. The molecule has 0 saturated heterocycles. The van der Waals surface area contributed by atoms with E-state index in [1.165, 1.54) is 12.8 Å². The van der Waals surface area contributed by atoms with Crippen LogP contribution in [0.2, 0.25) is 5.02 Å². The number of amides is 1. The second kappa shape index (κ2) is 5.59. The molecule has 3 N–H and O–H groups in total. The van der Waals surface area contributed by atoms with Crippen molar-refractivity contribution >= 4 is 28.9 Å². The number of rotatable bonds is 5. The quantitative estimate of drug-likeness (QED) is 0.804. The van der Waals surface area contributed by atoms with Crippen LogP contribution >= 0.6 is 11.6 Å². The SMILES string of the molecule is CN(CC(=O)Nc1cc(N)ccc1Cl)CC1CC1. The molecule has 0 spiro atoms. The van der Waals surface area contributed by atoms with E-state index < -0.39 is 0 Å². The molecule has 1 fully saturated rings.